The van der Waals surface area contributed by atoms with Crippen LogP contribution in [-0.4, -0.2) is 36.1 Å². The van der Waals surface area contributed by atoms with E-state index in [-0.39, 0.29) is 0 Å². The highest BCUT2D eigenvalue weighted by Crippen LogP contribution is 2.25. The smallest absolute Gasteiger partial charge is 0.0223 e. The van der Waals surface area contributed by atoms with E-state index in [1.54, 1.807) is 0 Å². The summed E-state index contributed by atoms with van der Waals surface area (Å²) in [5.74, 6) is 0. The van der Waals surface area contributed by atoms with Crippen LogP contribution in [0.15, 0.2) is 0 Å². The van der Waals surface area contributed by atoms with Crippen molar-refractivity contribution in [3.8, 4) is 0 Å². The summed E-state index contributed by atoms with van der Waals surface area (Å²) in [6.07, 6.45) is 9.64. The van der Waals surface area contributed by atoms with Gasteiger partial charge in [-0.15, -0.1) is 0 Å². The molecule has 2 heteroatoms. The third-order valence-electron chi connectivity index (χ3n) is 4.61. The normalized spacial score (nSPS) is 21.2. The highest BCUT2D eigenvalue weighted by atomic mass is 15.2. The van der Waals surface area contributed by atoms with Gasteiger partial charge in [-0.1, -0.05) is 40.0 Å². The summed E-state index contributed by atoms with van der Waals surface area (Å²) >= 11 is 0. The Morgan fingerprint density at radius 3 is 2.28 bits per heavy atom. The molecule has 1 aliphatic carbocycles. The second-order valence-corrected chi connectivity index (χ2v) is 5.83. The molecule has 0 aromatic heterocycles. The van der Waals surface area contributed by atoms with E-state index in [9.17, 15) is 0 Å². The average Bonchev–Trinajstić information content (AvgIpc) is 2.42. The first-order valence-electron chi connectivity index (χ1n) is 8.23. The summed E-state index contributed by atoms with van der Waals surface area (Å²) in [5.41, 5.74) is 0. The Morgan fingerprint density at radius 2 is 1.78 bits per heavy atom. The van der Waals surface area contributed by atoms with Crippen LogP contribution in [-0.2, 0) is 0 Å². The topological polar surface area (TPSA) is 15.3 Å². The van der Waals surface area contributed by atoms with Gasteiger partial charge in [0.15, 0.2) is 0 Å². The minimum absolute atomic E-state index is 0.659. The fraction of sp³-hybridized carbons (Fsp3) is 1.00. The Morgan fingerprint density at radius 1 is 1.11 bits per heavy atom. The highest BCUT2D eigenvalue weighted by Gasteiger charge is 2.27. The molecule has 1 N–H and O–H groups in total. The molecule has 0 aliphatic heterocycles. The second kappa shape index (κ2) is 8.92. The van der Waals surface area contributed by atoms with Crippen molar-refractivity contribution in [1.29, 1.82) is 0 Å². The van der Waals surface area contributed by atoms with Crippen molar-refractivity contribution < 1.29 is 0 Å². The number of hydrogen-bond acceptors (Lipinski definition) is 2. The summed E-state index contributed by atoms with van der Waals surface area (Å²) in [6.45, 7) is 11.7. The van der Waals surface area contributed by atoms with Crippen LogP contribution in [0.4, 0.5) is 0 Å². The minimum Gasteiger partial charge on any atom is -0.312 e. The molecule has 0 spiro atoms. The number of rotatable bonds is 8. The molecule has 108 valence electrons. The first-order valence-corrected chi connectivity index (χ1v) is 8.23. The van der Waals surface area contributed by atoms with Crippen molar-refractivity contribution in [1.82, 2.24) is 10.2 Å². The molecule has 2 unspecified atom stereocenters. The predicted molar refractivity (Wildman–Crippen MR) is 81.1 cm³/mol. The van der Waals surface area contributed by atoms with Gasteiger partial charge < -0.3 is 5.32 Å². The minimum atomic E-state index is 0.659. The Bertz CT molecular complexity index is 199. The number of hydrogen-bond donors (Lipinski definition) is 1. The molecule has 0 bridgehead atoms. The van der Waals surface area contributed by atoms with Crippen LogP contribution in [0.3, 0.4) is 0 Å². The molecule has 0 amide bonds. The molecular formula is C16H34N2. The third kappa shape index (κ3) is 4.55. The van der Waals surface area contributed by atoms with Crippen LogP contribution in [0, 0.1) is 0 Å². The number of nitrogens with zero attached hydrogens (tertiary/aromatic N) is 1. The molecule has 2 nitrogen and oxygen atoms in total. The van der Waals surface area contributed by atoms with Gasteiger partial charge in [0.05, 0.1) is 0 Å². The van der Waals surface area contributed by atoms with Gasteiger partial charge in [0.1, 0.15) is 0 Å². The largest absolute Gasteiger partial charge is 0.312 e. The molecule has 2 atom stereocenters. The van der Waals surface area contributed by atoms with E-state index in [1.165, 1.54) is 51.5 Å². The summed E-state index contributed by atoms with van der Waals surface area (Å²) in [5, 5.41) is 3.73. The van der Waals surface area contributed by atoms with Crippen LogP contribution in [0.5, 0.6) is 0 Å². The molecule has 1 aliphatic rings. The average molecular weight is 254 g/mol. The molecule has 1 saturated carbocycles. The fourth-order valence-electron chi connectivity index (χ4n) is 3.51. The molecule has 1 rings (SSSR count). The van der Waals surface area contributed by atoms with E-state index < -0.39 is 0 Å². The fourth-order valence-corrected chi connectivity index (χ4v) is 3.51. The molecule has 1 fully saturated rings. The predicted octanol–water partition coefficient (Wildman–Crippen LogP) is 3.81. The van der Waals surface area contributed by atoms with E-state index in [2.05, 4.69) is 37.9 Å². The lowest BCUT2D eigenvalue weighted by molar-refractivity contribution is 0.0944. The summed E-state index contributed by atoms with van der Waals surface area (Å²) in [6, 6.07) is 2.18. The lowest BCUT2D eigenvalue weighted by atomic mass is 9.92. The van der Waals surface area contributed by atoms with Crippen LogP contribution >= 0.6 is 0 Å². The molecule has 0 aromatic rings. The van der Waals surface area contributed by atoms with Crippen molar-refractivity contribution in [2.75, 3.05) is 13.1 Å². The summed E-state index contributed by atoms with van der Waals surface area (Å²) in [4.78, 5) is 2.76. The molecule has 0 aromatic carbocycles. The summed E-state index contributed by atoms with van der Waals surface area (Å²) < 4.78 is 0. The Hall–Kier alpha value is -0.0800. The van der Waals surface area contributed by atoms with E-state index >= 15 is 0 Å². The second-order valence-electron chi connectivity index (χ2n) is 5.83. The van der Waals surface area contributed by atoms with E-state index in [4.69, 9.17) is 0 Å². The zero-order valence-electron chi connectivity index (χ0n) is 13.0. The van der Waals surface area contributed by atoms with Crippen molar-refractivity contribution in [3.05, 3.63) is 0 Å². The van der Waals surface area contributed by atoms with E-state index in [0.717, 1.165) is 12.6 Å². The van der Waals surface area contributed by atoms with Crippen molar-refractivity contribution in [2.24, 2.45) is 0 Å². The Kier molecular flexibility index (Phi) is 7.92. The van der Waals surface area contributed by atoms with Crippen molar-refractivity contribution in [3.63, 3.8) is 0 Å². The monoisotopic (exact) mass is 254 g/mol. The first kappa shape index (κ1) is 16.0. The zero-order chi connectivity index (χ0) is 13.4. The third-order valence-corrected chi connectivity index (χ3v) is 4.61. The SMILES string of the molecule is CCCNC(CC)C(C)N(CC)C1CCCCC1. The molecule has 18 heavy (non-hydrogen) atoms. The maximum atomic E-state index is 3.73. The van der Waals surface area contributed by atoms with Crippen LogP contribution in [0.2, 0.25) is 0 Å². The molecule has 0 saturated heterocycles. The number of nitrogens with one attached hydrogen (secondary N) is 1. The number of likely N-dealkylation sites (N-methyl/N-ethyl adjacent to an activating group) is 1. The van der Waals surface area contributed by atoms with Gasteiger partial charge in [0, 0.05) is 18.1 Å². The van der Waals surface area contributed by atoms with Crippen molar-refractivity contribution >= 4 is 0 Å². The highest BCUT2D eigenvalue weighted by molar-refractivity contribution is 4.85. The van der Waals surface area contributed by atoms with Gasteiger partial charge in [0.2, 0.25) is 0 Å². The quantitative estimate of drug-likeness (QED) is 0.708. The molecule has 0 heterocycles. The van der Waals surface area contributed by atoms with Gasteiger partial charge in [-0.2, -0.15) is 0 Å². The first-order chi connectivity index (χ1) is 8.74. The van der Waals surface area contributed by atoms with Crippen LogP contribution in [0.25, 0.3) is 0 Å². The van der Waals surface area contributed by atoms with E-state index in [1.807, 2.05) is 0 Å². The maximum absolute atomic E-state index is 3.73. The van der Waals surface area contributed by atoms with Crippen LogP contribution in [0.1, 0.15) is 72.6 Å². The van der Waals surface area contributed by atoms with Gasteiger partial charge >= 0.3 is 0 Å². The van der Waals surface area contributed by atoms with Gasteiger partial charge in [-0.05, 0) is 45.7 Å². The maximum Gasteiger partial charge on any atom is 0.0223 e. The lowest BCUT2D eigenvalue weighted by Crippen LogP contribution is -2.52. The summed E-state index contributed by atoms with van der Waals surface area (Å²) in [7, 11) is 0. The zero-order valence-corrected chi connectivity index (χ0v) is 13.0. The standard InChI is InChI=1S/C16H34N2/c1-5-13-17-16(6-2)14(4)18(7-3)15-11-9-8-10-12-15/h14-17H,5-13H2,1-4H3. The molecular weight excluding hydrogens is 220 g/mol. The molecule has 0 radical (unpaired) electrons. The lowest BCUT2D eigenvalue weighted by Gasteiger charge is -2.41. The van der Waals surface area contributed by atoms with Crippen LogP contribution < -0.4 is 5.32 Å². The van der Waals surface area contributed by atoms with Gasteiger partial charge in [-0.3, -0.25) is 4.90 Å². The van der Waals surface area contributed by atoms with Crippen molar-refractivity contribution in [2.45, 2.75) is 90.8 Å². The van der Waals surface area contributed by atoms with Gasteiger partial charge in [-0.25, -0.2) is 0 Å². The van der Waals surface area contributed by atoms with Gasteiger partial charge in [0.25, 0.3) is 0 Å². The Labute approximate surface area is 115 Å². The Balaban J connectivity index is 2.54. The van der Waals surface area contributed by atoms with E-state index in [0.29, 0.717) is 12.1 Å².